The van der Waals surface area contributed by atoms with Gasteiger partial charge in [-0.15, -0.1) is 0 Å². The number of aryl methyl sites for hydroxylation is 1. The van der Waals surface area contributed by atoms with Crippen LogP contribution >= 0.6 is 0 Å². The van der Waals surface area contributed by atoms with Gasteiger partial charge in [-0.3, -0.25) is 4.79 Å². The van der Waals surface area contributed by atoms with Crippen molar-refractivity contribution in [3.8, 4) is 0 Å². The van der Waals surface area contributed by atoms with E-state index in [1.54, 1.807) is 13.8 Å². The summed E-state index contributed by atoms with van der Waals surface area (Å²) in [4.78, 5) is 14.7. The Morgan fingerprint density at radius 1 is 1.67 bits per heavy atom. The molecule has 66 valence electrons. The molecule has 0 aliphatic rings. The highest BCUT2D eigenvalue weighted by molar-refractivity contribution is 5.75. The van der Waals surface area contributed by atoms with Gasteiger partial charge in [-0.25, -0.2) is 0 Å². The van der Waals surface area contributed by atoms with Crippen molar-refractivity contribution in [2.45, 2.75) is 26.8 Å². The average Bonchev–Trinajstić information content (AvgIpc) is 2.47. The third-order valence-electron chi connectivity index (χ3n) is 1.33. The SMILES string of the molecule is CCC(=O)NCc1nc(C)no1. The molecule has 1 aromatic heterocycles. The number of rotatable bonds is 3. The number of hydrogen-bond acceptors (Lipinski definition) is 4. The number of carbonyl (C=O) groups is 1. The first-order valence-electron chi connectivity index (χ1n) is 3.78. The van der Waals surface area contributed by atoms with E-state index in [0.717, 1.165) is 0 Å². The minimum absolute atomic E-state index is 0.0224. The lowest BCUT2D eigenvalue weighted by molar-refractivity contribution is -0.121. The van der Waals surface area contributed by atoms with Gasteiger partial charge in [0, 0.05) is 6.42 Å². The fourth-order valence-electron chi connectivity index (χ4n) is 0.711. The van der Waals surface area contributed by atoms with Crippen LogP contribution in [0.25, 0.3) is 0 Å². The molecule has 0 aliphatic carbocycles. The maximum absolute atomic E-state index is 10.8. The molecule has 1 heterocycles. The lowest BCUT2D eigenvalue weighted by Crippen LogP contribution is -2.21. The van der Waals surface area contributed by atoms with E-state index in [9.17, 15) is 4.79 Å². The van der Waals surface area contributed by atoms with Gasteiger partial charge in [0.2, 0.25) is 11.8 Å². The Morgan fingerprint density at radius 3 is 2.92 bits per heavy atom. The molecule has 0 saturated heterocycles. The Kier molecular flexibility index (Phi) is 2.79. The first-order chi connectivity index (χ1) is 5.72. The van der Waals surface area contributed by atoms with Crippen molar-refractivity contribution in [1.29, 1.82) is 0 Å². The quantitative estimate of drug-likeness (QED) is 0.711. The normalized spacial score (nSPS) is 9.83. The van der Waals surface area contributed by atoms with E-state index in [1.165, 1.54) is 0 Å². The van der Waals surface area contributed by atoms with Gasteiger partial charge in [-0.2, -0.15) is 4.98 Å². The van der Waals surface area contributed by atoms with Crippen molar-refractivity contribution in [2.24, 2.45) is 0 Å². The highest BCUT2D eigenvalue weighted by Gasteiger charge is 2.03. The molecule has 1 aromatic rings. The van der Waals surface area contributed by atoms with Crippen LogP contribution in [0.15, 0.2) is 4.52 Å². The minimum atomic E-state index is -0.0224. The summed E-state index contributed by atoms with van der Waals surface area (Å²) >= 11 is 0. The molecule has 0 fully saturated rings. The third kappa shape index (κ3) is 2.34. The molecule has 0 bridgehead atoms. The molecule has 0 unspecified atom stereocenters. The van der Waals surface area contributed by atoms with Crippen molar-refractivity contribution >= 4 is 5.91 Å². The van der Waals surface area contributed by atoms with E-state index in [4.69, 9.17) is 4.52 Å². The summed E-state index contributed by atoms with van der Waals surface area (Å²) in [6, 6.07) is 0. The second-order valence-corrected chi connectivity index (χ2v) is 2.37. The van der Waals surface area contributed by atoms with Gasteiger partial charge >= 0.3 is 0 Å². The lowest BCUT2D eigenvalue weighted by atomic mass is 10.4. The van der Waals surface area contributed by atoms with Crippen molar-refractivity contribution < 1.29 is 9.32 Å². The van der Waals surface area contributed by atoms with Gasteiger partial charge in [0.1, 0.15) is 0 Å². The molecule has 12 heavy (non-hydrogen) atoms. The van der Waals surface area contributed by atoms with E-state index in [2.05, 4.69) is 15.5 Å². The first-order valence-corrected chi connectivity index (χ1v) is 3.78. The molecule has 1 rings (SSSR count). The predicted octanol–water partition coefficient (Wildman–Crippen LogP) is 0.404. The van der Waals surface area contributed by atoms with Crippen molar-refractivity contribution in [1.82, 2.24) is 15.5 Å². The number of hydrogen-bond donors (Lipinski definition) is 1. The molecule has 1 amide bonds. The van der Waals surface area contributed by atoms with Gasteiger partial charge < -0.3 is 9.84 Å². The van der Waals surface area contributed by atoms with Crippen molar-refractivity contribution in [3.05, 3.63) is 11.7 Å². The van der Waals surface area contributed by atoms with E-state index in [-0.39, 0.29) is 5.91 Å². The molecule has 0 radical (unpaired) electrons. The number of aromatic nitrogens is 2. The molecule has 5 heteroatoms. The maximum atomic E-state index is 10.8. The summed E-state index contributed by atoms with van der Waals surface area (Å²) in [5.41, 5.74) is 0. The van der Waals surface area contributed by atoms with Crippen LogP contribution in [-0.4, -0.2) is 16.0 Å². The number of amides is 1. The predicted molar refractivity (Wildman–Crippen MR) is 41.2 cm³/mol. The smallest absolute Gasteiger partial charge is 0.246 e. The zero-order valence-corrected chi connectivity index (χ0v) is 7.13. The Balaban J connectivity index is 2.38. The summed E-state index contributed by atoms with van der Waals surface area (Å²) in [6.45, 7) is 3.83. The second kappa shape index (κ2) is 3.85. The lowest BCUT2D eigenvalue weighted by Gasteiger charge is -1.96. The van der Waals surface area contributed by atoms with Gasteiger partial charge in [-0.05, 0) is 6.92 Å². The molecule has 1 N–H and O–H groups in total. The molecule has 5 nitrogen and oxygen atoms in total. The number of carbonyl (C=O) groups excluding carboxylic acids is 1. The fourth-order valence-corrected chi connectivity index (χ4v) is 0.711. The Hall–Kier alpha value is -1.39. The second-order valence-electron chi connectivity index (χ2n) is 2.37. The van der Waals surface area contributed by atoms with Gasteiger partial charge in [-0.1, -0.05) is 12.1 Å². The van der Waals surface area contributed by atoms with Crippen LogP contribution in [0.4, 0.5) is 0 Å². The molecule has 0 spiro atoms. The zero-order chi connectivity index (χ0) is 8.97. The Bertz CT molecular complexity index is 269. The monoisotopic (exact) mass is 169 g/mol. The van der Waals surface area contributed by atoms with E-state index < -0.39 is 0 Å². The largest absolute Gasteiger partial charge is 0.347 e. The molecule has 0 atom stereocenters. The molecular weight excluding hydrogens is 158 g/mol. The number of nitrogens with zero attached hydrogens (tertiary/aromatic N) is 2. The van der Waals surface area contributed by atoms with Gasteiger partial charge in [0.05, 0.1) is 6.54 Å². The summed E-state index contributed by atoms with van der Waals surface area (Å²) in [6.07, 6.45) is 0.465. The molecule has 0 aliphatic heterocycles. The van der Waals surface area contributed by atoms with Gasteiger partial charge in [0.15, 0.2) is 5.82 Å². The highest BCUT2D eigenvalue weighted by Crippen LogP contribution is 1.94. The minimum Gasteiger partial charge on any atom is -0.347 e. The molecule has 0 aromatic carbocycles. The van der Waals surface area contributed by atoms with Crippen LogP contribution in [0.2, 0.25) is 0 Å². The van der Waals surface area contributed by atoms with Crippen LogP contribution in [0, 0.1) is 6.92 Å². The van der Waals surface area contributed by atoms with Crippen molar-refractivity contribution in [2.75, 3.05) is 0 Å². The summed E-state index contributed by atoms with van der Waals surface area (Å²) in [5, 5.41) is 6.21. The summed E-state index contributed by atoms with van der Waals surface area (Å²) in [7, 11) is 0. The number of nitrogens with one attached hydrogen (secondary N) is 1. The van der Waals surface area contributed by atoms with Crippen LogP contribution in [0.1, 0.15) is 25.1 Å². The van der Waals surface area contributed by atoms with Crippen LogP contribution < -0.4 is 5.32 Å². The van der Waals surface area contributed by atoms with E-state index in [1.807, 2.05) is 0 Å². The molecular formula is C7H11N3O2. The van der Waals surface area contributed by atoms with Gasteiger partial charge in [0.25, 0.3) is 0 Å². The zero-order valence-electron chi connectivity index (χ0n) is 7.13. The van der Waals surface area contributed by atoms with E-state index >= 15 is 0 Å². The third-order valence-corrected chi connectivity index (χ3v) is 1.33. The topological polar surface area (TPSA) is 68.0 Å². The van der Waals surface area contributed by atoms with Crippen LogP contribution in [0.3, 0.4) is 0 Å². The fraction of sp³-hybridized carbons (Fsp3) is 0.571. The Morgan fingerprint density at radius 2 is 2.42 bits per heavy atom. The van der Waals surface area contributed by atoms with Crippen LogP contribution in [-0.2, 0) is 11.3 Å². The molecule has 0 saturated carbocycles. The Labute approximate surface area is 70.2 Å². The van der Waals surface area contributed by atoms with E-state index in [0.29, 0.717) is 24.7 Å². The van der Waals surface area contributed by atoms with Crippen LogP contribution in [0.5, 0.6) is 0 Å². The van der Waals surface area contributed by atoms with Crippen molar-refractivity contribution in [3.63, 3.8) is 0 Å². The standard InChI is InChI=1S/C7H11N3O2/c1-3-6(11)8-4-7-9-5(2)10-12-7/h3-4H2,1-2H3,(H,8,11). The summed E-state index contributed by atoms with van der Waals surface area (Å²) in [5.74, 6) is 0.996. The highest BCUT2D eigenvalue weighted by atomic mass is 16.5. The maximum Gasteiger partial charge on any atom is 0.246 e. The first kappa shape index (κ1) is 8.70. The summed E-state index contributed by atoms with van der Waals surface area (Å²) < 4.78 is 4.78. The average molecular weight is 169 g/mol.